The summed E-state index contributed by atoms with van der Waals surface area (Å²) < 4.78 is 2.33. The lowest BCUT2D eigenvalue weighted by molar-refractivity contribution is 0.651. The Morgan fingerprint density at radius 3 is 2.68 bits per heavy atom. The molecule has 0 amide bonds. The largest absolute Gasteiger partial charge is 0.399 e. The molecule has 0 radical (unpaired) electrons. The van der Waals surface area contributed by atoms with Crippen LogP contribution in [0.25, 0.3) is 22.4 Å². The molecule has 0 saturated heterocycles. The quantitative estimate of drug-likeness (QED) is 0.696. The number of nitrogens with two attached hydrogens (primary N) is 1. The van der Waals surface area contributed by atoms with E-state index in [1.165, 1.54) is 17.5 Å². The van der Waals surface area contributed by atoms with Gasteiger partial charge in [-0.3, -0.25) is 0 Å². The summed E-state index contributed by atoms with van der Waals surface area (Å²) in [7, 11) is 0. The molecule has 1 aromatic heterocycles. The smallest absolute Gasteiger partial charge is 0.141 e. The van der Waals surface area contributed by atoms with Crippen LogP contribution in [-0.4, -0.2) is 9.55 Å². The highest BCUT2D eigenvalue weighted by molar-refractivity contribution is 5.81. The SMILES string of the molecule is CCCCn1c(-c2cccc(N)c2)nc2cc(CC)ccc21. The summed E-state index contributed by atoms with van der Waals surface area (Å²) in [6.07, 6.45) is 3.35. The normalized spacial score (nSPS) is 11.2. The van der Waals surface area contributed by atoms with Gasteiger partial charge in [0.25, 0.3) is 0 Å². The molecule has 2 aromatic carbocycles. The molecule has 0 fully saturated rings. The van der Waals surface area contributed by atoms with Gasteiger partial charge in [-0.25, -0.2) is 4.98 Å². The van der Waals surface area contributed by atoms with Crippen LogP contribution in [-0.2, 0) is 13.0 Å². The second-order valence-corrected chi connectivity index (χ2v) is 5.74. The third-order valence-corrected chi connectivity index (χ3v) is 4.10. The number of benzene rings is 2. The lowest BCUT2D eigenvalue weighted by Gasteiger charge is -2.09. The van der Waals surface area contributed by atoms with Crippen molar-refractivity contribution in [3.63, 3.8) is 0 Å². The fraction of sp³-hybridized carbons (Fsp3) is 0.316. The van der Waals surface area contributed by atoms with Crippen LogP contribution < -0.4 is 5.73 Å². The molecule has 3 aromatic rings. The minimum absolute atomic E-state index is 0.779. The monoisotopic (exact) mass is 293 g/mol. The van der Waals surface area contributed by atoms with Crippen LogP contribution >= 0.6 is 0 Å². The molecule has 0 spiro atoms. The molecule has 1 heterocycles. The number of hydrogen-bond acceptors (Lipinski definition) is 2. The average Bonchev–Trinajstić information content (AvgIpc) is 2.90. The number of nitrogen functional groups attached to an aromatic ring is 1. The van der Waals surface area contributed by atoms with Crippen molar-refractivity contribution < 1.29 is 0 Å². The van der Waals surface area contributed by atoms with Crippen molar-refractivity contribution in [1.29, 1.82) is 0 Å². The number of nitrogens with zero attached hydrogens (tertiary/aromatic N) is 2. The number of unbranched alkanes of at least 4 members (excludes halogenated alkanes) is 1. The molecular formula is C19H23N3. The summed E-state index contributed by atoms with van der Waals surface area (Å²) in [6, 6.07) is 14.6. The minimum Gasteiger partial charge on any atom is -0.399 e. The van der Waals surface area contributed by atoms with E-state index in [-0.39, 0.29) is 0 Å². The van der Waals surface area contributed by atoms with Gasteiger partial charge in [0, 0.05) is 17.8 Å². The Morgan fingerprint density at radius 1 is 1.09 bits per heavy atom. The van der Waals surface area contributed by atoms with Crippen LogP contribution in [0.1, 0.15) is 32.3 Å². The third kappa shape index (κ3) is 2.71. The number of hydrogen-bond donors (Lipinski definition) is 1. The molecule has 22 heavy (non-hydrogen) atoms. The van der Waals surface area contributed by atoms with Crippen LogP contribution in [0.15, 0.2) is 42.5 Å². The van der Waals surface area contributed by atoms with Gasteiger partial charge < -0.3 is 10.3 Å². The zero-order valence-electron chi connectivity index (χ0n) is 13.3. The molecule has 0 unspecified atom stereocenters. The molecular weight excluding hydrogens is 270 g/mol. The summed E-state index contributed by atoms with van der Waals surface area (Å²) in [5, 5.41) is 0. The van der Waals surface area contributed by atoms with E-state index >= 15 is 0 Å². The molecule has 0 bridgehead atoms. The van der Waals surface area contributed by atoms with Crippen LogP contribution in [0.4, 0.5) is 5.69 Å². The molecule has 2 N–H and O–H groups in total. The number of fused-ring (bicyclic) bond motifs is 1. The first kappa shape index (κ1) is 14.6. The van der Waals surface area contributed by atoms with E-state index in [0.29, 0.717) is 0 Å². The minimum atomic E-state index is 0.779. The fourth-order valence-electron chi connectivity index (χ4n) is 2.84. The molecule has 114 valence electrons. The number of imidazole rings is 1. The first-order valence-corrected chi connectivity index (χ1v) is 8.08. The van der Waals surface area contributed by atoms with Crippen molar-refractivity contribution in [3.8, 4) is 11.4 Å². The van der Waals surface area contributed by atoms with Crippen molar-refractivity contribution in [1.82, 2.24) is 9.55 Å². The van der Waals surface area contributed by atoms with E-state index < -0.39 is 0 Å². The van der Waals surface area contributed by atoms with Gasteiger partial charge in [0.2, 0.25) is 0 Å². The zero-order valence-corrected chi connectivity index (χ0v) is 13.3. The first-order valence-electron chi connectivity index (χ1n) is 8.08. The molecule has 0 aliphatic rings. The molecule has 0 saturated carbocycles. The topological polar surface area (TPSA) is 43.8 Å². The van der Waals surface area contributed by atoms with Crippen molar-refractivity contribution in [2.24, 2.45) is 0 Å². The highest BCUT2D eigenvalue weighted by Crippen LogP contribution is 2.27. The van der Waals surface area contributed by atoms with Gasteiger partial charge in [0.05, 0.1) is 11.0 Å². The fourth-order valence-corrected chi connectivity index (χ4v) is 2.84. The van der Waals surface area contributed by atoms with E-state index in [0.717, 1.165) is 42.0 Å². The van der Waals surface area contributed by atoms with Crippen molar-refractivity contribution in [2.45, 2.75) is 39.7 Å². The Hall–Kier alpha value is -2.29. The number of aryl methyl sites for hydroxylation is 2. The van der Waals surface area contributed by atoms with E-state index in [4.69, 9.17) is 10.7 Å². The van der Waals surface area contributed by atoms with Gasteiger partial charge in [0.15, 0.2) is 0 Å². The van der Waals surface area contributed by atoms with Gasteiger partial charge in [-0.2, -0.15) is 0 Å². The predicted molar refractivity (Wildman–Crippen MR) is 93.9 cm³/mol. The summed E-state index contributed by atoms with van der Waals surface area (Å²) >= 11 is 0. The lowest BCUT2D eigenvalue weighted by Crippen LogP contribution is -2.01. The van der Waals surface area contributed by atoms with Crippen molar-refractivity contribution in [2.75, 3.05) is 5.73 Å². The Bertz CT molecular complexity index is 786. The number of aromatic nitrogens is 2. The van der Waals surface area contributed by atoms with E-state index in [1.54, 1.807) is 0 Å². The first-order chi connectivity index (χ1) is 10.7. The molecule has 3 heteroatoms. The van der Waals surface area contributed by atoms with E-state index in [2.05, 4.69) is 42.7 Å². The van der Waals surface area contributed by atoms with Gasteiger partial charge in [0.1, 0.15) is 5.82 Å². The summed E-state index contributed by atoms with van der Waals surface area (Å²) in [6.45, 7) is 5.38. The molecule has 0 aliphatic heterocycles. The second-order valence-electron chi connectivity index (χ2n) is 5.74. The maximum atomic E-state index is 5.95. The molecule has 0 aliphatic carbocycles. The number of rotatable bonds is 5. The van der Waals surface area contributed by atoms with E-state index in [1.807, 2.05) is 18.2 Å². The van der Waals surface area contributed by atoms with Crippen LogP contribution in [0.3, 0.4) is 0 Å². The van der Waals surface area contributed by atoms with E-state index in [9.17, 15) is 0 Å². The average molecular weight is 293 g/mol. The Kier molecular flexibility index (Phi) is 4.14. The van der Waals surface area contributed by atoms with Gasteiger partial charge in [-0.15, -0.1) is 0 Å². The number of anilines is 1. The van der Waals surface area contributed by atoms with Gasteiger partial charge in [-0.1, -0.05) is 38.5 Å². The highest BCUT2D eigenvalue weighted by atomic mass is 15.1. The predicted octanol–water partition coefficient (Wildman–Crippen LogP) is 4.65. The Labute approximate surface area is 131 Å². The van der Waals surface area contributed by atoms with Crippen LogP contribution in [0.5, 0.6) is 0 Å². The van der Waals surface area contributed by atoms with Gasteiger partial charge >= 0.3 is 0 Å². The lowest BCUT2D eigenvalue weighted by atomic mass is 10.1. The summed E-state index contributed by atoms with van der Waals surface area (Å²) in [5.41, 5.74) is 11.4. The Morgan fingerprint density at radius 2 is 1.95 bits per heavy atom. The van der Waals surface area contributed by atoms with Gasteiger partial charge in [-0.05, 0) is 42.7 Å². The highest BCUT2D eigenvalue weighted by Gasteiger charge is 2.12. The molecule has 3 rings (SSSR count). The van der Waals surface area contributed by atoms with Crippen molar-refractivity contribution in [3.05, 3.63) is 48.0 Å². The second kappa shape index (κ2) is 6.22. The van der Waals surface area contributed by atoms with Crippen LogP contribution in [0.2, 0.25) is 0 Å². The summed E-state index contributed by atoms with van der Waals surface area (Å²) in [5.74, 6) is 1.02. The summed E-state index contributed by atoms with van der Waals surface area (Å²) in [4.78, 5) is 4.89. The molecule has 3 nitrogen and oxygen atoms in total. The standard InChI is InChI=1S/C19H23N3/c1-3-5-11-22-18-10-9-14(4-2)12-17(18)21-19(22)15-7-6-8-16(20)13-15/h6-10,12-13H,3-5,11,20H2,1-2H3. The zero-order chi connectivity index (χ0) is 15.5. The Balaban J connectivity index is 2.18. The maximum Gasteiger partial charge on any atom is 0.141 e. The van der Waals surface area contributed by atoms with Crippen LogP contribution in [0, 0.1) is 0 Å². The third-order valence-electron chi connectivity index (χ3n) is 4.10. The molecule has 0 atom stereocenters. The van der Waals surface area contributed by atoms with Crippen molar-refractivity contribution >= 4 is 16.7 Å². The maximum absolute atomic E-state index is 5.95.